The van der Waals surface area contributed by atoms with Gasteiger partial charge >= 0.3 is 0 Å². The summed E-state index contributed by atoms with van der Waals surface area (Å²) < 4.78 is 5.64. The maximum Gasteiger partial charge on any atom is 0.198 e. The Labute approximate surface area is 132 Å². The van der Waals surface area contributed by atoms with Crippen molar-refractivity contribution in [3.63, 3.8) is 0 Å². The van der Waals surface area contributed by atoms with Crippen molar-refractivity contribution < 1.29 is 4.42 Å². The summed E-state index contributed by atoms with van der Waals surface area (Å²) in [4.78, 5) is 16.9. The first-order chi connectivity index (χ1) is 10.7. The van der Waals surface area contributed by atoms with E-state index in [-0.39, 0.29) is 11.5 Å². The van der Waals surface area contributed by atoms with Crippen LogP contribution in [-0.2, 0) is 0 Å². The first kappa shape index (κ1) is 14.5. The Morgan fingerprint density at radius 2 is 2.09 bits per heavy atom. The fourth-order valence-corrected chi connectivity index (χ4v) is 2.88. The molecule has 110 valence electrons. The molecule has 0 fully saturated rings. The van der Waals surface area contributed by atoms with E-state index in [4.69, 9.17) is 16.0 Å². The van der Waals surface area contributed by atoms with Crippen molar-refractivity contribution in [2.75, 3.05) is 0 Å². The Kier molecular flexibility index (Phi) is 3.82. The quantitative estimate of drug-likeness (QED) is 0.390. The molecule has 0 aliphatic rings. The van der Waals surface area contributed by atoms with Gasteiger partial charge in [-0.2, -0.15) is 0 Å². The number of hydrogen-bond donors (Lipinski definition) is 0. The van der Waals surface area contributed by atoms with Crippen molar-refractivity contribution in [2.24, 2.45) is 4.99 Å². The molecule has 2 aromatic carbocycles. The minimum atomic E-state index is -0.354. The normalized spacial score (nSPS) is 12.4. The Morgan fingerprint density at radius 1 is 1.27 bits per heavy atom. The van der Waals surface area contributed by atoms with Gasteiger partial charge in [0.1, 0.15) is 11.8 Å². The zero-order valence-electron chi connectivity index (χ0n) is 11.9. The molecule has 3 rings (SSSR count). The second-order valence-corrected chi connectivity index (χ2v) is 5.42. The Hall–Kier alpha value is -2.39. The van der Waals surface area contributed by atoms with Crippen LogP contribution in [0, 0.1) is 0 Å². The van der Waals surface area contributed by atoms with E-state index in [1.54, 1.807) is 18.2 Å². The van der Waals surface area contributed by atoms with E-state index in [0.717, 1.165) is 10.8 Å². The molecule has 0 bridgehead atoms. The molecule has 22 heavy (non-hydrogen) atoms. The Bertz CT molecular complexity index is 943. The fourth-order valence-electron chi connectivity index (χ4n) is 2.64. The van der Waals surface area contributed by atoms with E-state index in [2.05, 4.69) is 18.3 Å². The Morgan fingerprint density at radius 3 is 2.82 bits per heavy atom. The highest BCUT2D eigenvalue weighted by Crippen LogP contribution is 2.30. The molecule has 3 aromatic rings. The second kappa shape index (κ2) is 5.78. The topological polar surface area (TPSA) is 42.6 Å². The predicted octanol–water partition coefficient (Wildman–Crippen LogP) is 4.92. The molecule has 1 heterocycles. The lowest BCUT2D eigenvalue weighted by molar-refractivity contribution is 0.578. The van der Waals surface area contributed by atoms with Crippen LogP contribution in [0.4, 0.5) is 0 Å². The molecular formula is C18H14ClNO2. The molecule has 1 aromatic heterocycles. The van der Waals surface area contributed by atoms with Gasteiger partial charge in [-0.05, 0) is 36.7 Å². The third-order valence-corrected chi connectivity index (χ3v) is 4.07. The minimum Gasteiger partial charge on any atom is -0.464 e. The Balaban J connectivity index is 2.41. The van der Waals surface area contributed by atoms with Crippen molar-refractivity contribution in [2.45, 2.75) is 12.5 Å². The summed E-state index contributed by atoms with van der Waals surface area (Å²) in [5.74, 6) is 0. The average Bonchev–Trinajstić information content (AvgIpc) is 2.53. The molecule has 3 nitrogen and oxygen atoms in total. The highest BCUT2D eigenvalue weighted by Gasteiger charge is 2.17. The summed E-state index contributed by atoms with van der Waals surface area (Å²) in [5, 5.41) is 2.74. The molecule has 0 N–H and O–H groups in total. The third-order valence-electron chi connectivity index (χ3n) is 3.74. The molecular weight excluding hydrogens is 298 g/mol. The number of aliphatic imine (C=N–C) groups is 1. The molecule has 0 aliphatic heterocycles. The van der Waals surface area contributed by atoms with Crippen LogP contribution in [0.1, 0.15) is 18.0 Å². The van der Waals surface area contributed by atoms with Gasteiger partial charge in [0.2, 0.25) is 0 Å². The van der Waals surface area contributed by atoms with Gasteiger partial charge in [-0.15, -0.1) is 6.58 Å². The summed E-state index contributed by atoms with van der Waals surface area (Å²) in [6, 6.07) is 8.76. The summed E-state index contributed by atoms with van der Waals surface area (Å²) in [7, 11) is 0. The van der Waals surface area contributed by atoms with Gasteiger partial charge in [0, 0.05) is 10.4 Å². The van der Waals surface area contributed by atoms with Gasteiger partial charge in [0.15, 0.2) is 5.43 Å². The van der Waals surface area contributed by atoms with E-state index >= 15 is 0 Å². The molecule has 4 heteroatoms. The molecule has 1 unspecified atom stereocenters. The highest BCUT2D eigenvalue weighted by atomic mass is 35.5. The molecule has 0 spiro atoms. The van der Waals surface area contributed by atoms with Crippen LogP contribution in [0.2, 0.25) is 5.02 Å². The van der Waals surface area contributed by atoms with Gasteiger partial charge in [0.25, 0.3) is 0 Å². The first-order valence-corrected chi connectivity index (χ1v) is 7.24. The van der Waals surface area contributed by atoms with Crippen LogP contribution in [0.25, 0.3) is 21.7 Å². The largest absolute Gasteiger partial charge is 0.464 e. The molecule has 0 aliphatic carbocycles. The monoisotopic (exact) mass is 311 g/mol. The van der Waals surface area contributed by atoms with Crippen LogP contribution >= 0.6 is 11.6 Å². The second-order valence-electron chi connectivity index (χ2n) is 5.02. The summed E-state index contributed by atoms with van der Waals surface area (Å²) in [6.45, 7) is 7.24. The van der Waals surface area contributed by atoms with Gasteiger partial charge in [-0.25, -0.2) is 0 Å². The third kappa shape index (κ3) is 2.24. The molecule has 0 saturated heterocycles. The molecule has 1 atom stereocenters. The van der Waals surface area contributed by atoms with Gasteiger partial charge in [0.05, 0.1) is 17.0 Å². The number of benzene rings is 2. The van der Waals surface area contributed by atoms with Crippen molar-refractivity contribution in [1.29, 1.82) is 0 Å². The number of rotatable bonds is 4. The smallest absolute Gasteiger partial charge is 0.198 e. The van der Waals surface area contributed by atoms with Gasteiger partial charge in [-0.3, -0.25) is 9.79 Å². The van der Waals surface area contributed by atoms with Crippen LogP contribution in [-0.4, -0.2) is 6.72 Å². The van der Waals surface area contributed by atoms with Crippen molar-refractivity contribution in [3.05, 3.63) is 70.1 Å². The maximum atomic E-state index is 12.9. The van der Waals surface area contributed by atoms with Crippen LogP contribution in [0.15, 0.2) is 63.5 Å². The molecule has 0 radical (unpaired) electrons. The van der Waals surface area contributed by atoms with Gasteiger partial charge in [-0.1, -0.05) is 29.8 Å². The van der Waals surface area contributed by atoms with Crippen molar-refractivity contribution in [1.82, 2.24) is 0 Å². The van der Waals surface area contributed by atoms with E-state index in [9.17, 15) is 4.79 Å². The lowest BCUT2D eigenvalue weighted by Gasteiger charge is -2.10. The van der Waals surface area contributed by atoms with Crippen LogP contribution in [0.5, 0.6) is 0 Å². The van der Waals surface area contributed by atoms with E-state index in [1.165, 1.54) is 6.26 Å². The predicted molar refractivity (Wildman–Crippen MR) is 92.1 cm³/mol. The van der Waals surface area contributed by atoms with Crippen molar-refractivity contribution in [3.8, 4) is 0 Å². The van der Waals surface area contributed by atoms with Crippen molar-refractivity contribution >= 4 is 40.1 Å². The lowest BCUT2D eigenvalue weighted by atomic mass is 10.0. The zero-order valence-corrected chi connectivity index (χ0v) is 12.6. The highest BCUT2D eigenvalue weighted by molar-refractivity contribution is 6.36. The van der Waals surface area contributed by atoms with E-state index in [1.807, 2.05) is 18.2 Å². The SMILES string of the molecule is C=CCC(N=C)c1coc2ccc3c(Cl)cccc3c2c1=O. The van der Waals surface area contributed by atoms with E-state index < -0.39 is 0 Å². The number of nitrogens with zero attached hydrogens (tertiary/aromatic N) is 1. The van der Waals surface area contributed by atoms with E-state index in [0.29, 0.717) is 28.0 Å². The minimum absolute atomic E-state index is 0.103. The lowest BCUT2D eigenvalue weighted by Crippen LogP contribution is -2.12. The maximum absolute atomic E-state index is 12.9. The molecule has 0 amide bonds. The number of fused-ring (bicyclic) bond motifs is 3. The first-order valence-electron chi connectivity index (χ1n) is 6.86. The summed E-state index contributed by atoms with van der Waals surface area (Å²) in [5.41, 5.74) is 0.910. The standard InChI is InChI=1S/C18H14ClNO2/c1-3-5-15(20-2)13-10-22-16-9-8-11-12(17(16)18(13)21)6-4-7-14(11)19/h3-4,6-10,15H,1-2,5H2. The number of halogens is 1. The van der Waals surface area contributed by atoms with Crippen LogP contribution < -0.4 is 5.43 Å². The van der Waals surface area contributed by atoms with Crippen LogP contribution in [0.3, 0.4) is 0 Å². The summed E-state index contributed by atoms with van der Waals surface area (Å²) in [6.07, 6.45) is 3.71. The zero-order chi connectivity index (χ0) is 15.7. The summed E-state index contributed by atoms with van der Waals surface area (Å²) >= 11 is 6.21. The fraction of sp³-hybridized carbons (Fsp3) is 0.111. The van der Waals surface area contributed by atoms with Gasteiger partial charge < -0.3 is 4.42 Å². The number of hydrogen-bond acceptors (Lipinski definition) is 3. The molecule has 0 saturated carbocycles. The average molecular weight is 312 g/mol.